The van der Waals surface area contributed by atoms with E-state index in [0.29, 0.717) is 23.3 Å². The van der Waals surface area contributed by atoms with Gasteiger partial charge in [0.25, 0.3) is 5.56 Å². The Bertz CT molecular complexity index is 969. The number of thioether (sulfide) groups is 1. The summed E-state index contributed by atoms with van der Waals surface area (Å²) in [6.45, 7) is 4.28. The molecule has 7 heteroatoms. The summed E-state index contributed by atoms with van der Waals surface area (Å²) in [7, 11) is 1.66. The quantitative estimate of drug-likeness (QED) is 0.635. The van der Waals surface area contributed by atoms with E-state index in [1.54, 1.807) is 19.2 Å². The van der Waals surface area contributed by atoms with Crippen LogP contribution < -0.4 is 10.9 Å². The Labute approximate surface area is 161 Å². The third kappa shape index (κ3) is 4.74. The summed E-state index contributed by atoms with van der Waals surface area (Å²) in [5.74, 6) is 0.926. The maximum Gasteiger partial charge on any atom is 0.277 e. The molecule has 0 saturated heterocycles. The molecule has 27 heavy (non-hydrogen) atoms. The lowest BCUT2D eigenvalue weighted by Crippen LogP contribution is -2.26. The summed E-state index contributed by atoms with van der Waals surface area (Å²) in [5.41, 5.74) is 2.24. The Hall–Kier alpha value is -2.67. The minimum Gasteiger partial charge on any atom is -0.324 e. The monoisotopic (exact) mass is 384 g/mol. The third-order valence-corrected chi connectivity index (χ3v) is 5.18. The number of aromatic nitrogens is 3. The van der Waals surface area contributed by atoms with Gasteiger partial charge in [-0.2, -0.15) is 0 Å². The van der Waals surface area contributed by atoms with Crippen molar-refractivity contribution in [3.63, 3.8) is 0 Å². The van der Waals surface area contributed by atoms with Crippen molar-refractivity contribution >= 4 is 23.4 Å². The number of benzene rings is 2. The maximum absolute atomic E-state index is 13.0. The highest BCUT2D eigenvalue weighted by Gasteiger charge is 2.10. The van der Waals surface area contributed by atoms with Gasteiger partial charge in [-0.25, -0.2) is 4.39 Å². The van der Waals surface area contributed by atoms with Crippen LogP contribution in [0.25, 0.3) is 0 Å². The summed E-state index contributed by atoms with van der Waals surface area (Å²) in [6, 6.07) is 14.1. The van der Waals surface area contributed by atoms with E-state index in [-0.39, 0.29) is 11.4 Å². The van der Waals surface area contributed by atoms with E-state index in [0.717, 1.165) is 10.6 Å². The molecule has 0 saturated carbocycles. The largest absolute Gasteiger partial charge is 0.324 e. The number of hydrogen-bond acceptors (Lipinski definition) is 5. The number of rotatable bonds is 6. The van der Waals surface area contributed by atoms with Crippen LogP contribution in [0, 0.1) is 5.82 Å². The Morgan fingerprint density at radius 1 is 1.07 bits per heavy atom. The molecule has 1 heterocycles. The highest BCUT2D eigenvalue weighted by molar-refractivity contribution is 7.98. The average Bonchev–Trinajstić information content (AvgIpc) is 2.66. The first-order chi connectivity index (χ1) is 12.9. The zero-order valence-corrected chi connectivity index (χ0v) is 16.3. The molecule has 5 nitrogen and oxygen atoms in total. The fraction of sp³-hybridized carbons (Fsp3) is 0.250. The summed E-state index contributed by atoms with van der Waals surface area (Å²) in [5, 5.41) is 11.3. The summed E-state index contributed by atoms with van der Waals surface area (Å²) in [6.07, 6.45) is 0. The van der Waals surface area contributed by atoms with Gasteiger partial charge in [0, 0.05) is 23.4 Å². The predicted molar refractivity (Wildman–Crippen MR) is 107 cm³/mol. The normalized spacial score (nSPS) is 11.0. The Balaban J connectivity index is 1.72. The van der Waals surface area contributed by atoms with Crippen LogP contribution >= 0.6 is 11.8 Å². The van der Waals surface area contributed by atoms with Crippen LogP contribution in [0.2, 0.25) is 0 Å². The second kappa shape index (κ2) is 8.35. The maximum atomic E-state index is 13.0. The lowest BCUT2D eigenvalue weighted by atomic mass is 10.0. The highest BCUT2D eigenvalue weighted by Crippen LogP contribution is 2.22. The standard InChI is InChI=1S/C20H21FN4OS/c1-13(2)14-4-8-16(9-5-14)22-20-24-23-18(19(26)25(20)3)12-27-17-10-6-15(21)7-11-17/h4-11,13H,12H2,1-3H3,(H,22,24). The van der Waals surface area contributed by atoms with Gasteiger partial charge in [0.2, 0.25) is 5.95 Å². The van der Waals surface area contributed by atoms with Crippen molar-refractivity contribution in [1.29, 1.82) is 0 Å². The van der Waals surface area contributed by atoms with Crippen molar-refractivity contribution in [2.75, 3.05) is 5.32 Å². The molecule has 3 rings (SSSR count). The number of anilines is 2. The van der Waals surface area contributed by atoms with E-state index in [9.17, 15) is 9.18 Å². The SMILES string of the molecule is CC(C)c1ccc(Nc2nnc(CSc3ccc(F)cc3)c(=O)n2C)cc1. The molecule has 2 aromatic carbocycles. The molecule has 0 aliphatic carbocycles. The fourth-order valence-electron chi connectivity index (χ4n) is 2.47. The minimum absolute atomic E-state index is 0.207. The first kappa shape index (κ1) is 19.1. The van der Waals surface area contributed by atoms with Crippen molar-refractivity contribution in [2.24, 2.45) is 7.05 Å². The van der Waals surface area contributed by atoms with Crippen LogP contribution in [-0.4, -0.2) is 14.8 Å². The van der Waals surface area contributed by atoms with E-state index >= 15 is 0 Å². The molecule has 0 aliphatic rings. The predicted octanol–water partition coefficient (Wildman–Crippen LogP) is 4.47. The van der Waals surface area contributed by atoms with Crippen LogP contribution in [-0.2, 0) is 12.8 Å². The molecule has 140 valence electrons. The Morgan fingerprint density at radius 2 is 1.74 bits per heavy atom. The second-order valence-corrected chi connectivity index (χ2v) is 7.53. The van der Waals surface area contributed by atoms with Crippen molar-refractivity contribution in [3.05, 3.63) is 76.0 Å². The van der Waals surface area contributed by atoms with Gasteiger partial charge in [0.05, 0.1) is 0 Å². The van der Waals surface area contributed by atoms with Gasteiger partial charge in [0.1, 0.15) is 11.5 Å². The lowest BCUT2D eigenvalue weighted by molar-refractivity contribution is 0.626. The highest BCUT2D eigenvalue weighted by atomic mass is 32.2. The molecule has 3 aromatic rings. The van der Waals surface area contributed by atoms with Gasteiger partial charge in [-0.1, -0.05) is 26.0 Å². The lowest BCUT2D eigenvalue weighted by Gasteiger charge is -2.11. The molecular formula is C20H21FN4OS. The van der Waals surface area contributed by atoms with E-state index < -0.39 is 0 Å². The third-order valence-electron chi connectivity index (χ3n) is 4.16. The van der Waals surface area contributed by atoms with Crippen LogP contribution in [0.1, 0.15) is 31.0 Å². The molecule has 0 bridgehead atoms. The van der Waals surface area contributed by atoms with Crippen LogP contribution in [0.3, 0.4) is 0 Å². The van der Waals surface area contributed by atoms with E-state index in [2.05, 4.69) is 29.4 Å². The number of nitrogens with zero attached hydrogens (tertiary/aromatic N) is 3. The molecule has 0 atom stereocenters. The van der Waals surface area contributed by atoms with Crippen molar-refractivity contribution in [3.8, 4) is 0 Å². The minimum atomic E-state index is -0.285. The summed E-state index contributed by atoms with van der Waals surface area (Å²) < 4.78 is 14.4. The van der Waals surface area contributed by atoms with Gasteiger partial charge in [-0.3, -0.25) is 9.36 Å². The Morgan fingerprint density at radius 3 is 2.37 bits per heavy atom. The van der Waals surface area contributed by atoms with Crippen LogP contribution in [0.15, 0.2) is 58.2 Å². The van der Waals surface area contributed by atoms with Crippen molar-refractivity contribution in [1.82, 2.24) is 14.8 Å². The molecule has 0 fully saturated rings. The average molecular weight is 384 g/mol. The molecule has 0 spiro atoms. The molecule has 1 aromatic heterocycles. The number of halogens is 1. The van der Waals surface area contributed by atoms with Gasteiger partial charge in [-0.15, -0.1) is 22.0 Å². The zero-order valence-electron chi connectivity index (χ0n) is 15.4. The first-order valence-corrected chi connectivity index (χ1v) is 9.60. The number of nitrogens with one attached hydrogen (secondary N) is 1. The molecule has 0 radical (unpaired) electrons. The molecule has 0 aliphatic heterocycles. The van der Waals surface area contributed by atoms with Gasteiger partial charge in [-0.05, 0) is 47.9 Å². The zero-order chi connectivity index (χ0) is 19.4. The Kier molecular flexibility index (Phi) is 5.91. The van der Waals surface area contributed by atoms with E-state index in [1.807, 2.05) is 24.3 Å². The van der Waals surface area contributed by atoms with Crippen LogP contribution in [0.5, 0.6) is 0 Å². The van der Waals surface area contributed by atoms with Crippen molar-refractivity contribution < 1.29 is 4.39 Å². The van der Waals surface area contributed by atoms with Crippen LogP contribution in [0.4, 0.5) is 16.0 Å². The van der Waals surface area contributed by atoms with Gasteiger partial charge < -0.3 is 5.32 Å². The van der Waals surface area contributed by atoms with E-state index in [1.165, 1.54) is 34.0 Å². The van der Waals surface area contributed by atoms with Gasteiger partial charge >= 0.3 is 0 Å². The summed E-state index contributed by atoms with van der Waals surface area (Å²) in [4.78, 5) is 13.4. The molecule has 0 amide bonds. The second-order valence-electron chi connectivity index (χ2n) is 6.48. The smallest absolute Gasteiger partial charge is 0.277 e. The summed E-state index contributed by atoms with van der Waals surface area (Å²) >= 11 is 1.42. The first-order valence-electron chi connectivity index (χ1n) is 8.62. The molecule has 0 unspecified atom stereocenters. The fourth-order valence-corrected chi connectivity index (χ4v) is 3.28. The van der Waals surface area contributed by atoms with Gasteiger partial charge in [0.15, 0.2) is 0 Å². The van der Waals surface area contributed by atoms with Crippen molar-refractivity contribution in [2.45, 2.75) is 30.4 Å². The van der Waals surface area contributed by atoms with E-state index in [4.69, 9.17) is 0 Å². The topological polar surface area (TPSA) is 59.8 Å². The molecular weight excluding hydrogens is 363 g/mol. The number of hydrogen-bond donors (Lipinski definition) is 1. The molecule has 1 N–H and O–H groups in total.